The summed E-state index contributed by atoms with van der Waals surface area (Å²) in [5.41, 5.74) is 5.03. The van der Waals surface area contributed by atoms with Crippen molar-refractivity contribution in [2.45, 2.75) is 19.1 Å². The van der Waals surface area contributed by atoms with Crippen LogP contribution < -0.4 is 11.1 Å². The van der Waals surface area contributed by atoms with E-state index in [-0.39, 0.29) is 0 Å². The lowest BCUT2D eigenvalue weighted by Gasteiger charge is -2.18. The van der Waals surface area contributed by atoms with Crippen molar-refractivity contribution < 1.29 is 9.90 Å². The standard InChI is InChI=1S/C8H19N3O2/c1-6(8(9)13)10-4-7(12)5-11(2)3/h6-7,10,12H,4-5H2,1-3H3,(H2,9,13). The molecule has 2 atom stereocenters. The Kier molecular flexibility index (Phi) is 5.61. The molecule has 4 N–H and O–H groups in total. The number of nitrogens with zero attached hydrogens (tertiary/aromatic N) is 1. The van der Waals surface area contributed by atoms with Crippen LogP contribution in [0.3, 0.4) is 0 Å². The first-order chi connectivity index (χ1) is 5.93. The number of nitrogens with two attached hydrogens (primary N) is 1. The van der Waals surface area contributed by atoms with Crippen LogP contribution in [0.4, 0.5) is 0 Å². The molecule has 0 heterocycles. The van der Waals surface area contributed by atoms with Crippen molar-refractivity contribution in [3.8, 4) is 0 Å². The summed E-state index contributed by atoms with van der Waals surface area (Å²) in [7, 11) is 3.75. The fourth-order valence-corrected chi connectivity index (χ4v) is 0.899. The lowest BCUT2D eigenvalue weighted by molar-refractivity contribution is -0.119. The van der Waals surface area contributed by atoms with Crippen molar-refractivity contribution in [2.75, 3.05) is 27.2 Å². The molecule has 0 fully saturated rings. The third kappa shape index (κ3) is 6.51. The van der Waals surface area contributed by atoms with Crippen LogP contribution in [-0.2, 0) is 4.79 Å². The number of likely N-dealkylation sites (N-methyl/N-ethyl adjacent to an activating group) is 1. The zero-order valence-corrected chi connectivity index (χ0v) is 8.45. The monoisotopic (exact) mass is 189 g/mol. The van der Waals surface area contributed by atoms with Gasteiger partial charge in [0.2, 0.25) is 5.91 Å². The van der Waals surface area contributed by atoms with Crippen molar-refractivity contribution in [2.24, 2.45) is 5.73 Å². The Labute approximate surface area is 78.9 Å². The van der Waals surface area contributed by atoms with E-state index >= 15 is 0 Å². The Hall–Kier alpha value is -0.650. The lowest BCUT2D eigenvalue weighted by atomic mass is 10.3. The molecule has 0 saturated heterocycles. The molecule has 0 aliphatic carbocycles. The molecule has 5 nitrogen and oxygen atoms in total. The van der Waals surface area contributed by atoms with Crippen molar-refractivity contribution >= 4 is 5.91 Å². The van der Waals surface area contributed by atoms with Crippen LogP contribution in [0.15, 0.2) is 0 Å². The molecule has 0 radical (unpaired) electrons. The molecule has 0 spiro atoms. The minimum absolute atomic E-state index is 0.377. The molecule has 1 amide bonds. The topological polar surface area (TPSA) is 78.6 Å². The minimum atomic E-state index is -0.475. The van der Waals surface area contributed by atoms with E-state index in [9.17, 15) is 9.90 Å². The van der Waals surface area contributed by atoms with Gasteiger partial charge in [-0.1, -0.05) is 0 Å². The number of primary amides is 1. The third-order valence-corrected chi connectivity index (χ3v) is 1.66. The molecule has 0 bridgehead atoms. The van der Waals surface area contributed by atoms with Crippen molar-refractivity contribution in [1.29, 1.82) is 0 Å². The lowest BCUT2D eigenvalue weighted by Crippen LogP contribution is -2.44. The minimum Gasteiger partial charge on any atom is -0.390 e. The van der Waals surface area contributed by atoms with Gasteiger partial charge in [0, 0.05) is 13.1 Å². The van der Waals surface area contributed by atoms with Crippen molar-refractivity contribution in [3.63, 3.8) is 0 Å². The molecule has 13 heavy (non-hydrogen) atoms. The predicted octanol–water partition coefficient (Wildman–Crippen LogP) is -1.63. The molecule has 0 aromatic heterocycles. The average molecular weight is 189 g/mol. The van der Waals surface area contributed by atoms with Crippen LogP contribution in [0.25, 0.3) is 0 Å². The average Bonchev–Trinajstić information content (AvgIpc) is 1.98. The number of hydrogen-bond donors (Lipinski definition) is 3. The van der Waals surface area contributed by atoms with Crippen LogP contribution >= 0.6 is 0 Å². The second-order valence-corrected chi connectivity index (χ2v) is 3.45. The quantitative estimate of drug-likeness (QED) is 0.469. The highest BCUT2D eigenvalue weighted by molar-refractivity contribution is 5.79. The van der Waals surface area contributed by atoms with Crippen LogP contribution in [0.1, 0.15) is 6.92 Å². The summed E-state index contributed by atoms with van der Waals surface area (Å²) < 4.78 is 0. The summed E-state index contributed by atoms with van der Waals surface area (Å²) in [6.45, 7) is 2.62. The number of aliphatic hydroxyl groups is 1. The Morgan fingerprint density at radius 3 is 2.54 bits per heavy atom. The van der Waals surface area contributed by atoms with E-state index in [0.29, 0.717) is 13.1 Å². The number of rotatable bonds is 6. The summed E-state index contributed by atoms with van der Waals surface area (Å²) >= 11 is 0. The number of aliphatic hydroxyl groups excluding tert-OH is 1. The van der Waals surface area contributed by atoms with Crippen LogP contribution in [0.5, 0.6) is 0 Å². The third-order valence-electron chi connectivity index (χ3n) is 1.66. The van der Waals surface area contributed by atoms with E-state index in [1.54, 1.807) is 6.92 Å². The highest BCUT2D eigenvalue weighted by Gasteiger charge is 2.10. The van der Waals surface area contributed by atoms with Crippen LogP contribution in [0, 0.1) is 0 Å². The van der Waals surface area contributed by atoms with Gasteiger partial charge >= 0.3 is 0 Å². The van der Waals surface area contributed by atoms with E-state index in [4.69, 9.17) is 5.73 Å². The van der Waals surface area contributed by atoms with E-state index in [1.165, 1.54) is 0 Å². The highest BCUT2D eigenvalue weighted by atomic mass is 16.3. The molecule has 0 aromatic carbocycles. The largest absolute Gasteiger partial charge is 0.390 e. The molecule has 5 heteroatoms. The van der Waals surface area contributed by atoms with Crippen molar-refractivity contribution in [3.05, 3.63) is 0 Å². The molecular formula is C8H19N3O2. The summed E-state index contributed by atoms with van der Waals surface area (Å²) in [4.78, 5) is 12.5. The van der Waals surface area contributed by atoms with Gasteiger partial charge in [-0.2, -0.15) is 0 Å². The maximum atomic E-state index is 10.6. The highest BCUT2D eigenvalue weighted by Crippen LogP contribution is 1.86. The smallest absolute Gasteiger partial charge is 0.234 e. The van der Waals surface area contributed by atoms with Gasteiger partial charge in [0.15, 0.2) is 0 Å². The molecule has 2 unspecified atom stereocenters. The number of amides is 1. The zero-order valence-electron chi connectivity index (χ0n) is 8.45. The SMILES string of the molecule is CC(NCC(O)CN(C)C)C(N)=O. The summed E-state index contributed by atoms with van der Waals surface area (Å²) in [6.07, 6.45) is -0.475. The van der Waals surface area contributed by atoms with Gasteiger partial charge in [0.25, 0.3) is 0 Å². The van der Waals surface area contributed by atoms with Gasteiger partial charge in [0.05, 0.1) is 12.1 Å². The van der Waals surface area contributed by atoms with Gasteiger partial charge < -0.3 is 21.1 Å². The normalized spacial score (nSPS) is 15.8. The second kappa shape index (κ2) is 5.90. The number of nitrogens with one attached hydrogen (secondary N) is 1. The molecule has 78 valence electrons. The van der Waals surface area contributed by atoms with Crippen LogP contribution in [-0.4, -0.2) is 55.2 Å². The van der Waals surface area contributed by atoms with E-state index in [2.05, 4.69) is 5.32 Å². The number of hydrogen-bond acceptors (Lipinski definition) is 4. The molecule has 0 aromatic rings. The maximum Gasteiger partial charge on any atom is 0.234 e. The second-order valence-electron chi connectivity index (χ2n) is 3.45. The first kappa shape index (κ1) is 12.3. The molecule has 0 saturated carbocycles. The van der Waals surface area contributed by atoms with Gasteiger partial charge in [-0.05, 0) is 21.0 Å². The summed E-state index contributed by atoms with van der Waals surface area (Å²) in [5, 5.41) is 12.2. The Morgan fingerprint density at radius 1 is 1.62 bits per heavy atom. The molecule has 0 aliphatic rings. The zero-order chi connectivity index (χ0) is 10.4. The first-order valence-corrected chi connectivity index (χ1v) is 4.29. The van der Waals surface area contributed by atoms with Crippen molar-refractivity contribution in [1.82, 2.24) is 10.2 Å². The maximum absolute atomic E-state index is 10.6. The predicted molar refractivity (Wildman–Crippen MR) is 51.2 cm³/mol. The Balaban J connectivity index is 3.57. The van der Waals surface area contributed by atoms with Gasteiger partial charge in [-0.15, -0.1) is 0 Å². The molecular weight excluding hydrogens is 170 g/mol. The van der Waals surface area contributed by atoms with Gasteiger partial charge in [-0.25, -0.2) is 0 Å². The fraction of sp³-hybridized carbons (Fsp3) is 0.875. The first-order valence-electron chi connectivity index (χ1n) is 4.29. The van der Waals surface area contributed by atoms with Gasteiger partial charge in [-0.3, -0.25) is 4.79 Å². The fourth-order valence-electron chi connectivity index (χ4n) is 0.899. The van der Waals surface area contributed by atoms with Crippen LogP contribution in [0.2, 0.25) is 0 Å². The molecule has 0 rings (SSSR count). The number of carbonyl (C=O) groups excluding carboxylic acids is 1. The Morgan fingerprint density at radius 2 is 2.15 bits per heavy atom. The Bertz CT molecular complexity index is 161. The van der Waals surface area contributed by atoms with E-state index < -0.39 is 18.1 Å². The van der Waals surface area contributed by atoms with E-state index in [0.717, 1.165) is 0 Å². The molecule has 0 aliphatic heterocycles. The summed E-state index contributed by atoms with van der Waals surface area (Å²) in [6, 6.07) is -0.392. The van der Waals surface area contributed by atoms with Gasteiger partial charge in [0.1, 0.15) is 0 Å². The summed E-state index contributed by atoms with van der Waals surface area (Å²) in [5.74, 6) is -0.406. The number of carbonyl (C=O) groups is 1. The van der Waals surface area contributed by atoms with E-state index in [1.807, 2.05) is 19.0 Å².